The molecule has 1 aromatic heterocycles. The molecule has 0 radical (unpaired) electrons. The molecule has 0 amide bonds. The molecule has 1 aromatic rings. The summed E-state index contributed by atoms with van der Waals surface area (Å²) in [5.74, 6) is -0.802. The van der Waals surface area contributed by atoms with Crippen LogP contribution in [0.25, 0.3) is 0 Å². The van der Waals surface area contributed by atoms with Crippen LogP contribution in [-0.4, -0.2) is 26.8 Å². The smallest absolute Gasteiger partial charge is 0.313 e. The summed E-state index contributed by atoms with van der Waals surface area (Å²) >= 11 is 1.20. The van der Waals surface area contributed by atoms with E-state index in [4.69, 9.17) is 5.11 Å². The van der Waals surface area contributed by atoms with Crippen molar-refractivity contribution in [3.8, 4) is 0 Å². The van der Waals surface area contributed by atoms with E-state index in [-0.39, 0.29) is 5.75 Å². The molecule has 4 nitrogen and oxygen atoms in total. The van der Waals surface area contributed by atoms with Crippen LogP contribution in [0.3, 0.4) is 0 Å². The molecule has 1 aliphatic carbocycles. The van der Waals surface area contributed by atoms with Crippen molar-refractivity contribution in [2.45, 2.75) is 44.2 Å². The van der Waals surface area contributed by atoms with Gasteiger partial charge in [-0.05, 0) is 38.2 Å². The molecule has 0 aromatic carbocycles. The van der Waals surface area contributed by atoms with E-state index in [1.807, 2.05) is 6.92 Å². The van der Waals surface area contributed by atoms with Crippen molar-refractivity contribution in [3.05, 3.63) is 17.0 Å². The van der Waals surface area contributed by atoms with Crippen LogP contribution in [0.15, 0.2) is 5.16 Å². The van der Waals surface area contributed by atoms with Gasteiger partial charge in [0.25, 0.3) is 0 Å². The first-order chi connectivity index (χ1) is 8.16. The van der Waals surface area contributed by atoms with Gasteiger partial charge in [-0.25, -0.2) is 9.97 Å². The van der Waals surface area contributed by atoms with Gasteiger partial charge in [0, 0.05) is 11.4 Å². The summed E-state index contributed by atoms with van der Waals surface area (Å²) in [5.41, 5.74) is 3.43. The number of aromatic nitrogens is 2. The van der Waals surface area contributed by atoms with E-state index in [9.17, 15) is 4.79 Å². The van der Waals surface area contributed by atoms with Crippen LogP contribution in [0, 0.1) is 6.92 Å². The molecule has 92 valence electrons. The highest BCUT2D eigenvalue weighted by Gasteiger charge is 2.14. The van der Waals surface area contributed by atoms with Crippen LogP contribution in [-0.2, 0) is 17.6 Å². The van der Waals surface area contributed by atoms with E-state index in [0.29, 0.717) is 5.16 Å². The van der Waals surface area contributed by atoms with Gasteiger partial charge in [0.1, 0.15) is 0 Å². The number of hydrogen-bond donors (Lipinski definition) is 1. The zero-order chi connectivity index (χ0) is 12.3. The molecule has 0 fully saturated rings. The third-order valence-electron chi connectivity index (χ3n) is 2.94. The number of aliphatic carboxylic acids is 1. The monoisotopic (exact) mass is 252 g/mol. The van der Waals surface area contributed by atoms with Crippen molar-refractivity contribution in [2.75, 3.05) is 5.75 Å². The molecule has 1 heterocycles. The lowest BCUT2D eigenvalue weighted by atomic mass is 10.1. The van der Waals surface area contributed by atoms with Gasteiger partial charge in [0.15, 0.2) is 5.16 Å². The Balaban J connectivity index is 2.22. The Morgan fingerprint density at radius 2 is 2.06 bits per heavy atom. The maximum absolute atomic E-state index is 10.5. The number of fused-ring (bicyclic) bond motifs is 1. The fourth-order valence-electron chi connectivity index (χ4n) is 2.12. The van der Waals surface area contributed by atoms with Gasteiger partial charge >= 0.3 is 5.97 Å². The van der Waals surface area contributed by atoms with E-state index in [1.54, 1.807) is 0 Å². The number of carboxylic acids is 1. The largest absolute Gasteiger partial charge is 0.481 e. The maximum atomic E-state index is 10.5. The molecule has 2 rings (SSSR count). The molecule has 0 spiro atoms. The van der Waals surface area contributed by atoms with Crippen molar-refractivity contribution in [3.63, 3.8) is 0 Å². The molecule has 0 bridgehead atoms. The Morgan fingerprint density at radius 1 is 1.29 bits per heavy atom. The fraction of sp³-hybridized carbons (Fsp3) is 0.583. The summed E-state index contributed by atoms with van der Waals surface area (Å²) in [6.07, 6.45) is 5.68. The highest BCUT2D eigenvalue weighted by molar-refractivity contribution is 7.99. The highest BCUT2D eigenvalue weighted by atomic mass is 32.2. The van der Waals surface area contributed by atoms with Crippen molar-refractivity contribution < 1.29 is 9.90 Å². The first-order valence-electron chi connectivity index (χ1n) is 5.88. The summed E-state index contributed by atoms with van der Waals surface area (Å²) in [5, 5.41) is 9.25. The number of aryl methyl sites for hydroxylation is 2. The molecule has 0 saturated heterocycles. The van der Waals surface area contributed by atoms with Gasteiger partial charge in [0.2, 0.25) is 0 Å². The van der Waals surface area contributed by atoms with E-state index in [1.165, 1.54) is 36.6 Å². The number of carboxylic acid groups (broad SMARTS) is 1. The van der Waals surface area contributed by atoms with Crippen LogP contribution in [0.4, 0.5) is 0 Å². The maximum Gasteiger partial charge on any atom is 0.313 e. The number of rotatable bonds is 3. The van der Waals surface area contributed by atoms with E-state index in [0.717, 1.165) is 24.2 Å². The highest BCUT2D eigenvalue weighted by Crippen LogP contribution is 2.24. The second-order valence-electron chi connectivity index (χ2n) is 4.26. The quantitative estimate of drug-likeness (QED) is 0.508. The summed E-state index contributed by atoms with van der Waals surface area (Å²) in [6, 6.07) is 0. The van der Waals surface area contributed by atoms with Crippen LogP contribution in [0.2, 0.25) is 0 Å². The molecule has 5 heteroatoms. The molecular formula is C12H16N2O2S. The summed E-state index contributed by atoms with van der Waals surface area (Å²) in [7, 11) is 0. The molecule has 0 aliphatic heterocycles. The van der Waals surface area contributed by atoms with Crippen molar-refractivity contribution in [1.82, 2.24) is 9.97 Å². The first-order valence-corrected chi connectivity index (χ1v) is 6.86. The average Bonchev–Trinajstić information content (AvgIpc) is 2.51. The number of hydrogen-bond acceptors (Lipinski definition) is 4. The summed E-state index contributed by atoms with van der Waals surface area (Å²) < 4.78 is 0. The molecule has 17 heavy (non-hydrogen) atoms. The zero-order valence-electron chi connectivity index (χ0n) is 9.90. The number of nitrogens with zero attached hydrogens (tertiary/aromatic N) is 2. The normalized spacial score (nSPS) is 15.1. The Kier molecular flexibility index (Phi) is 3.99. The topological polar surface area (TPSA) is 63.1 Å². The molecule has 0 atom stereocenters. The third-order valence-corrected chi connectivity index (χ3v) is 3.78. The van der Waals surface area contributed by atoms with E-state index < -0.39 is 5.97 Å². The second-order valence-corrected chi connectivity index (χ2v) is 5.20. The zero-order valence-corrected chi connectivity index (χ0v) is 10.7. The summed E-state index contributed by atoms with van der Waals surface area (Å²) in [6.45, 7) is 2.00. The van der Waals surface area contributed by atoms with Crippen molar-refractivity contribution in [1.29, 1.82) is 0 Å². The first kappa shape index (κ1) is 12.4. The standard InChI is InChI=1S/C12H16N2O2S/c1-8-9-5-3-2-4-6-10(9)14-12(13-8)17-7-11(15)16/h2-7H2,1H3,(H,15,16). The summed E-state index contributed by atoms with van der Waals surface area (Å²) in [4.78, 5) is 19.4. The Hall–Kier alpha value is -1.10. The minimum atomic E-state index is -0.828. The average molecular weight is 252 g/mol. The third kappa shape index (κ3) is 3.19. The van der Waals surface area contributed by atoms with Crippen molar-refractivity contribution >= 4 is 17.7 Å². The van der Waals surface area contributed by atoms with Crippen LogP contribution in [0.1, 0.15) is 36.2 Å². The van der Waals surface area contributed by atoms with Gasteiger partial charge in [-0.3, -0.25) is 4.79 Å². The molecule has 0 unspecified atom stereocenters. The van der Waals surface area contributed by atoms with Crippen LogP contribution >= 0.6 is 11.8 Å². The van der Waals surface area contributed by atoms with Gasteiger partial charge < -0.3 is 5.11 Å². The molecule has 0 saturated carbocycles. The van der Waals surface area contributed by atoms with E-state index >= 15 is 0 Å². The Morgan fingerprint density at radius 3 is 2.82 bits per heavy atom. The lowest BCUT2D eigenvalue weighted by Crippen LogP contribution is -2.05. The number of carbonyl (C=O) groups is 1. The molecular weight excluding hydrogens is 236 g/mol. The minimum absolute atomic E-state index is 0.0260. The lowest BCUT2D eigenvalue weighted by Gasteiger charge is -2.09. The SMILES string of the molecule is Cc1nc(SCC(=O)O)nc2c1CCCCC2. The molecule has 1 N–H and O–H groups in total. The fourth-order valence-corrected chi connectivity index (χ4v) is 2.75. The minimum Gasteiger partial charge on any atom is -0.481 e. The van der Waals surface area contributed by atoms with E-state index in [2.05, 4.69) is 9.97 Å². The van der Waals surface area contributed by atoms with Gasteiger partial charge in [0.05, 0.1) is 5.75 Å². The van der Waals surface area contributed by atoms with Gasteiger partial charge in [-0.2, -0.15) is 0 Å². The van der Waals surface area contributed by atoms with Gasteiger partial charge in [-0.15, -0.1) is 0 Å². The van der Waals surface area contributed by atoms with Crippen molar-refractivity contribution in [2.24, 2.45) is 0 Å². The second kappa shape index (κ2) is 5.49. The molecule has 1 aliphatic rings. The van der Waals surface area contributed by atoms with Crippen LogP contribution < -0.4 is 0 Å². The lowest BCUT2D eigenvalue weighted by molar-refractivity contribution is -0.133. The Labute approximate surface area is 105 Å². The predicted octanol–water partition coefficient (Wildman–Crippen LogP) is 2.23. The number of thioether (sulfide) groups is 1. The van der Waals surface area contributed by atoms with Crippen LogP contribution in [0.5, 0.6) is 0 Å². The van der Waals surface area contributed by atoms with Gasteiger partial charge in [-0.1, -0.05) is 18.2 Å². The predicted molar refractivity (Wildman–Crippen MR) is 66.4 cm³/mol. The Bertz CT molecular complexity index is 435.